The highest BCUT2D eigenvalue weighted by Crippen LogP contribution is 2.30. The van der Waals surface area contributed by atoms with Crippen LogP contribution in [0, 0.1) is 12.7 Å². The van der Waals surface area contributed by atoms with Crippen molar-refractivity contribution in [3.63, 3.8) is 0 Å². The Morgan fingerprint density at radius 1 is 1.18 bits per heavy atom. The number of amides is 1. The molecule has 0 spiro atoms. The summed E-state index contributed by atoms with van der Waals surface area (Å²) in [5, 5.41) is 3.45. The average Bonchev–Trinajstić information content (AvgIpc) is 3.15. The van der Waals surface area contributed by atoms with E-state index in [1.54, 1.807) is 37.3 Å². The molecule has 3 heterocycles. The molecular weight excluding hydrogens is 461 g/mol. The van der Waals surface area contributed by atoms with Gasteiger partial charge in [-0.2, -0.15) is 0 Å². The van der Waals surface area contributed by atoms with Gasteiger partial charge in [-0.25, -0.2) is 14.2 Å². The number of methoxy groups -OCH3 is 1. The van der Waals surface area contributed by atoms with E-state index in [1.165, 1.54) is 25.3 Å². The van der Waals surface area contributed by atoms with E-state index in [-0.39, 0.29) is 37.8 Å². The number of benzene rings is 2. The highest BCUT2D eigenvalue weighted by Gasteiger charge is 2.21. The summed E-state index contributed by atoms with van der Waals surface area (Å²) in [6.07, 6.45) is 0. The number of nitrogens with zero attached hydrogens (tertiary/aromatic N) is 1. The number of H-pyrrole nitrogens is 1. The molecule has 2 N–H and O–H groups in total. The summed E-state index contributed by atoms with van der Waals surface area (Å²) >= 11 is 1.00. The molecule has 0 aliphatic carbocycles. The Balaban J connectivity index is 1.60. The van der Waals surface area contributed by atoms with Gasteiger partial charge < -0.3 is 19.5 Å². The Hall–Kier alpha value is -4.31. The number of nitrogens with one attached hydrogen (secondary N) is 2. The fourth-order valence-corrected chi connectivity index (χ4v) is 4.76. The van der Waals surface area contributed by atoms with Crippen LogP contribution in [-0.4, -0.2) is 23.0 Å². The number of carbonyl (C=O) groups is 1. The summed E-state index contributed by atoms with van der Waals surface area (Å²) in [6.45, 7) is 1.63. The van der Waals surface area contributed by atoms with Crippen molar-refractivity contribution < 1.29 is 18.3 Å². The Morgan fingerprint density at radius 3 is 2.74 bits per heavy atom. The van der Waals surface area contributed by atoms with Crippen LogP contribution in [0.25, 0.3) is 32.6 Å². The second-order valence-electron chi connectivity index (χ2n) is 7.44. The van der Waals surface area contributed by atoms with E-state index in [9.17, 15) is 18.8 Å². The fraction of sp³-hybridized carbons (Fsp3) is 0.0833. The fourth-order valence-electron chi connectivity index (χ4n) is 3.69. The van der Waals surface area contributed by atoms with Crippen LogP contribution >= 0.6 is 11.3 Å². The number of hydrogen-bond donors (Lipinski definition) is 2. The van der Waals surface area contributed by atoms with Gasteiger partial charge in [0.2, 0.25) is 0 Å². The van der Waals surface area contributed by atoms with E-state index >= 15 is 0 Å². The number of ether oxygens (including phenoxy) is 1. The van der Waals surface area contributed by atoms with Gasteiger partial charge in [0.25, 0.3) is 11.5 Å². The van der Waals surface area contributed by atoms with Crippen LogP contribution in [-0.2, 0) is 0 Å². The minimum atomic E-state index is -0.697. The molecule has 10 heteroatoms. The minimum absolute atomic E-state index is 0.0225. The highest BCUT2D eigenvalue weighted by molar-refractivity contribution is 7.20. The molecule has 0 aliphatic rings. The quantitative estimate of drug-likeness (QED) is 0.369. The number of thiophene rings is 1. The van der Waals surface area contributed by atoms with Gasteiger partial charge >= 0.3 is 5.63 Å². The smallest absolute Gasteiger partial charge is 0.347 e. The molecule has 0 saturated heterocycles. The first-order chi connectivity index (χ1) is 16.4. The van der Waals surface area contributed by atoms with Crippen molar-refractivity contribution in [1.82, 2.24) is 9.97 Å². The van der Waals surface area contributed by atoms with Crippen molar-refractivity contribution in [2.24, 2.45) is 0 Å². The van der Waals surface area contributed by atoms with Gasteiger partial charge in [0.15, 0.2) is 11.3 Å². The van der Waals surface area contributed by atoms with Crippen LogP contribution in [0.3, 0.4) is 0 Å². The van der Waals surface area contributed by atoms with E-state index in [2.05, 4.69) is 15.3 Å². The maximum absolute atomic E-state index is 13.5. The Bertz CT molecular complexity index is 1720. The number of carbonyl (C=O) groups excluding carboxylic acids is 1. The number of hydrogen-bond acceptors (Lipinski definition) is 7. The number of halogens is 1. The number of fused-ring (bicyclic) bond motifs is 2. The minimum Gasteiger partial charge on any atom is -0.493 e. The summed E-state index contributed by atoms with van der Waals surface area (Å²) in [5.41, 5.74) is -0.124. The number of rotatable bonds is 4. The molecule has 3 aromatic heterocycles. The monoisotopic (exact) mass is 477 g/mol. The SMILES string of the molecule is COc1cccc2cc(-c3nc4sc(C(=O)Nc5cccc(F)c5)c(C)c4c(=O)[nH]3)c(=O)oc12. The third-order valence-electron chi connectivity index (χ3n) is 5.29. The Morgan fingerprint density at radius 2 is 1.97 bits per heavy atom. The zero-order chi connectivity index (χ0) is 24.0. The standard InChI is InChI=1S/C24H16FN3O5S/c1-11-17-21(29)27-20(15-9-12-5-3-8-16(32-2)18(12)33-24(15)31)28-23(17)34-19(11)22(30)26-14-7-4-6-13(25)10-14/h3-10H,1-2H3,(H,26,30)(H,27,28,29). The molecule has 0 bridgehead atoms. The van der Waals surface area contributed by atoms with Crippen LogP contribution in [0.1, 0.15) is 15.2 Å². The van der Waals surface area contributed by atoms with Gasteiger partial charge in [-0.1, -0.05) is 18.2 Å². The van der Waals surface area contributed by atoms with Crippen LogP contribution in [0.5, 0.6) is 5.75 Å². The van der Waals surface area contributed by atoms with Crippen molar-refractivity contribution in [3.05, 3.63) is 85.6 Å². The summed E-state index contributed by atoms with van der Waals surface area (Å²) in [7, 11) is 1.47. The molecular formula is C24H16FN3O5S. The van der Waals surface area contributed by atoms with Gasteiger partial charge in [0.05, 0.1) is 17.4 Å². The Kier molecular flexibility index (Phi) is 5.21. The summed E-state index contributed by atoms with van der Waals surface area (Å²) in [4.78, 5) is 46.0. The lowest BCUT2D eigenvalue weighted by Crippen LogP contribution is -2.14. The van der Waals surface area contributed by atoms with E-state index in [1.807, 2.05) is 0 Å². The zero-order valence-corrected chi connectivity index (χ0v) is 18.7. The van der Waals surface area contributed by atoms with E-state index in [0.717, 1.165) is 11.3 Å². The van der Waals surface area contributed by atoms with Crippen molar-refractivity contribution in [2.75, 3.05) is 12.4 Å². The zero-order valence-electron chi connectivity index (χ0n) is 17.9. The van der Waals surface area contributed by atoms with E-state index in [0.29, 0.717) is 16.7 Å². The van der Waals surface area contributed by atoms with Gasteiger partial charge in [-0.05, 0) is 42.8 Å². The lowest BCUT2D eigenvalue weighted by Gasteiger charge is -2.05. The predicted molar refractivity (Wildman–Crippen MR) is 127 cm³/mol. The number of aromatic nitrogens is 2. The van der Waals surface area contributed by atoms with Crippen LogP contribution in [0.2, 0.25) is 0 Å². The molecule has 0 fully saturated rings. The molecule has 0 radical (unpaired) electrons. The predicted octanol–water partition coefficient (Wildman–Crippen LogP) is 4.47. The maximum Gasteiger partial charge on any atom is 0.347 e. The highest BCUT2D eigenvalue weighted by atomic mass is 32.1. The average molecular weight is 477 g/mol. The molecule has 2 aromatic carbocycles. The first kappa shape index (κ1) is 21.5. The summed E-state index contributed by atoms with van der Waals surface area (Å²) in [6, 6.07) is 12.2. The van der Waals surface area contributed by atoms with Crippen molar-refractivity contribution in [3.8, 4) is 17.1 Å². The molecule has 1 amide bonds. The number of anilines is 1. The van der Waals surface area contributed by atoms with Gasteiger partial charge in [0, 0.05) is 11.1 Å². The van der Waals surface area contributed by atoms with E-state index < -0.39 is 22.9 Å². The van der Waals surface area contributed by atoms with Crippen molar-refractivity contribution in [2.45, 2.75) is 6.92 Å². The van der Waals surface area contributed by atoms with Gasteiger partial charge in [-0.3, -0.25) is 9.59 Å². The Labute approximate surface area is 194 Å². The van der Waals surface area contributed by atoms with Crippen LogP contribution in [0.4, 0.5) is 10.1 Å². The molecule has 8 nitrogen and oxygen atoms in total. The lowest BCUT2D eigenvalue weighted by atomic mass is 10.1. The topological polar surface area (TPSA) is 114 Å². The molecule has 0 aliphatic heterocycles. The second-order valence-corrected chi connectivity index (χ2v) is 8.44. The summed E-state index contributed by atoms with van der Waals surface area (Å²) in [5.74, 6) is -0.556. The lowest BCUT2D eigenvalue weighted by molar-refractivity contribution is 0.103. The molecule has 5 aromatic rings. The van der Waals surface area contributed by atoms with E-state index in [4.69, 9.17) is 9.15 Å². The van der Waals surface area contributed by atoms with Gasteiger partial charge in [0.1, 0.15) is 22.0 Å². The summed E-state index contributed by atoms with van der Waals surface area (Å²) < 4.78 is 24.1. The molecule has 34 heavy (non-hydrogen) atoms. The number of aromatic amines is 1. The molecule has 0 atom stereocenters. The molecule has 0 unspecified atom stereocenters. The first-order valence-electron chi connectivity index (χ1n) is 10.1. The second kappa shape index (κ2) is 8.23. The number of para-hydroxylation sites is 1. The molecule has 5 rings (SSSR count). The third-order valence-corrected chi connectivity index (χ3v) is 6.47. The van der Waals surface area contributed by atoms with Gasteiger partial charge in [-0.15, -0.1) is 11.3 Å². The van der Waals surface area contributed by atoms with Crippen molar-refractivity contribution >= 4 is 44.1 Å². The third kappa shape index (κ3) is 3.63. The maximum atomic E-state index is 13.5. The molecule has 170 valence electrons. The van der Waals surface area contributed by atoms with Crippen molar-refractivity contribution in [1.29, 1.82) is 0 Å². The van der Waals surface area contributed by atoms with Crippen LogP contribution < -0.4 is 21.2 Å². The normalized spacial score (nSPS) is 11.1. The first-order valence-corrected chi connectivity index (χ1v) is 10.9. The number of aryl methyl sites for hydroxylation is 1. The molecule has 0 saturated carbocycles. The largest absolute Gasteiger partial charge is 0.493 e. The van der Waals surface area contributed by atoms with Crippen LogP contribution in [0.15, 0.2) is 62.5 Å².